The highest BCUT2D eigenvalue weighted by molar-refractivity contribution is 6.31. The summed E-state index contributed by atoms with van der Waals surface area (Å²) in [6.07, 6.45) is 0.630. The van der Waals surface area contributed by atoms with Gasteiger partial charge in [-0.2, -0.15) is 0 Å². The number of ether oxygens (including phenoxy) is 2. The monoisotopic (exact) mass is 358 g/mol. The lowest BCUT2D eigenvalue weighted by Gasteiger charge is -2.51. The maximum Gasteiger partial charge on any atom is 0.325 e. The second-order valence-corrected chi connectivity index (χ2v) is 7.06. The van der Waals surface area contributed by atoms with Crippen molar-refractivity contribution >= 4 is 23.3 Å². The van der Waals surface area contributed by atoms with E-state index in [0.29, 0.717) is 22.9 Å². The minimum absolute atomic E-state index is 0.118. The minimum atomic E-state index is -0.829. The van der Waals surface area contributed by atoms with Gasteiger partial charge >= 0.3 is 6.03 Å². The fraction of sp³-hybridized carbons (Fsp3) is 0.316. The van der Waals surface area contributed by atoms with Gasteiger partial charge in [0.1, 0.15) is 0 Å². The van der Waals surface area contributed by atoms with Crippen molar-refractivity contribution in [1.82, 2.24) is 5.32 Å². The fourth-order valence-corrected chi connectivity index (χ4v) is 3.88. The van der Waals surface area contributed by atoms with Gasteiger partial charge in [-0.1, -0.05) is 29.8 Å². The highest BCUT2D eigenvalue weighted by Crippen LogP contribution is 2.49. The lowest BCUT2D eigenvalue weighted by Crippen LogP contribution is -2.65. The van der Waals surface area contributed by atoms with Crippen LogP contribution in [0, 0.1) is 6.92 Å². The van der Waals surface area contributed by atoms with Crippen molar-refractivity contribution in [3.63, 3.8) is 0 Å². The summed E-state index contributed by atoms with van der Waals surface area (Å²) in [6.45, 7) is 3.88. The van der Waals surface area contributed by atoms with Gasteiger partial charge in [0.25, 0.3) is 0 Å². The molecule has 0 saturated carbocycles. The van der Waals surface area contributed by atoms with E-state index in [1.807, 2.05) is 44.2 Å². The average Bonchev–Trinajstić information content (AvgIpc) is 2.57. The molecule has 6 heteroatoms. The normalized spacial score (nSPS) is 24.2. The van der Waals surface area contributed by atoms with Gasteiger partial charge in [-0.15, -0.1) is 0 Å². The molecule has 2 atom stereocenters. The molecule has 0 spiro atoms. The van der Waals surface area contributed by atoms with Gasteiger partial charge in [0.15, 0.2) is 17.2 Å². The Balaban J connectivity index is 1.86. The average molecular weight is 359 g/mol. The van der Waals surface area contributed by atoms with Crippen LogP contribution in [0.15, 0.2) is 36.4 Å². The summed E-state index contributed by atoms with van der Waals surface area (Å²) in [5, 5.41) is 3.66. The molecule has 1 saturated heterocycles. The Hall–Kier alpha value is -2.40. The summed E-state index contributed by atoms with van der Waals surface area (Å²) < 4.78 is 11.8. The first-order valence-electron chi connectivity index (χ1n) is 8.16. The summed E-state index contributed by atoms with van der Waals surface area (Å²) in [7, 11) is 1.61. The molecular weight excluding hydrogens is 340 g/mol. The number of benzene rings is 2. The number of halogens is 1. The second-order valence-electron chi connectivity index (χ2n) is 6.63. The number of methoxy groups -OCH3 is 1. The maximum absolute atomic E-state index is 12.9. The number of nitrogens with zero attached hydrogens (tertiary/aromatic N) is 1. The number of aryl methyl sites for hydroxylation is 1. The predicted octanol–water partition coefficient (Wildman–Crippen LogP) is 4.43. The number of fused-ring (bicyclic) bond motifs is 4. The molecule has 0 aliphatic carbocycles. The Morgan fingerprint density at radius 3 is 2.92 bits per heavy atom. The highest BCUT2D eigenvalue weighted by Gasteiger charge is 2.50. The van der Waals surface area contributed by atoms with Crippen molar-refractivity contribution in [2.45, 2.75) is 32.0 Å². The minimum Gasteiger partial charge on any atom is -0.493 e. The van der Waals surface area contributed by atoms with Crippen molar-refractivity contribution < 1.29 is 14.3 Å². The predicted molar refractivity (Wildman–Crippen MR) is 96.6 cm³/mol. The number of nitrogens with one attached hydrogen (secondary N) is 1. The molecule has 5 nitrogen and oxygen atoms in total. The van der Waals surface area contributed by atoms with Crippen LogP contribution < -0.4 is 19.7 Å². The van der Waals surface area contributed by atoms with E-state index in [0.717, 1.165) is 16.8 Å². The van der Waals surface area contributed by atoms with Gasteiger partial charge in [0.05, 0.1) is 18.8 Å². The molecule has 4 rings (SSSR count). The number of rotatable bonds is 2. The number of hydrogen-bond donors (Lipinski definition) is 1. The Morgan fingerprint density at radius 2 is 2.16 bits per heavy atom. The van der Waals surface area contributed by atoms with Crippen LogP contribution in [0.5, 0.6) is 11.5 Å². The number of para-hydroxylation sites is 1. The summed E-state index contributed by atoms with van der Waals surface area (Å²) >= 11 is 6.17. The van der Waals surface area contributed by atoms with E-state index in [1.54, 1.807) is 18.1 Å². The number of hydrogen-bond acceptors (Lipinski definition) is 3. The third-order valence-electron chi connectivity index (χ3n) is 4.90. The zero-order valence-corrected chi connectivity index (χ0v) is 15.1. The lowest BCUT2D eigenvalue weighted by atomic mass is 9.89. The molecule has 2 aromatic carbocycles. The molecule has 1 fully saturated rings. The van der Waals surface area contributed by atoms with Gasteiger partial charge in [-0.3, -0.25) is 4.90 Å². The van der Waals surface area contributed by atoms with Gasteiger partial charge in [-0.25, -0.2) is 4.79 Å². The van der Waals surface area contributed by atoms with E-state index < -0.39 is 5.72 Å². The van der Waals surface area contributed by atoms with Crippen molar-refractivity contribution in [2.75, 3.05) is 12.0 Å². The largest absolute Gasteiger partial charge is 0.493 e. The van der Waals surface area contributed by atoms with Crippen molar-refractivity contribution in [3.8, 4) is 11.5 Å². The Labute approximate surface area is 151 Å². The van der Waals surface area contributed by atoms with Crippen molar-refractivity contribution in [3.05, 3.63) is 52.5 Å². The Morgan fingerprint density at radius 1 is 1.36 bits per heavy atom. The zero-order chi connectivity index (χ0) is 17.8. The van der Waals surface area contributed by atoms with Crippen LogP contribution in [0.1, 0.15) is 30.5 Å². The van der Waals surface area contributed by atoms with Crippen LogP contribution in [0.3, 0.4) is 0 Å². The standard InChI is InChI=1S/C19H19ClN2O3/c1-11-7-8-12(20)9-15(11)22-18(23)21-14-10-19(22,2)25-17-13(14)5-4-6-16(17)24-3/h4-9,14H,10H2,1-3H3,(H,21,23)/t14-,19-/m1/s1. The first-order valence-corrected chi connectivity index (χ1v) is 8.53. The zero-order valence-electron chi connectivity index (χ0n) is 14.3. The Bertz CT molecular complexity index is 870. The fourth-order valence-electron chi connectivity index (χ4n) is 3.71. The number of carbonyl (C=O) groups excluding carboxylic acids is 1. The number of urea groups is 1. The van der Waals surface area contributed by atoms with Gasteiger partial charge < -0.3 is 14.8 Å². The summed E-state index contributed by atoms with van der Waals surface area (Å²) in [6, 6.07) is 10.9. The quantitative estimate of drug-likeness (QED) is 0.864. The first-order chi connectivity index (χ1) is 11.9. The van der Waals surface area contributed by atoms with Crippen LogP contribution in [-0.4, -0.2) is 18.9 Å². The van der Waals surface area contributed by atoms with Crippen LogP contribution >= 0.6 is 11.6 Å². The van der Waals surface area contributed by atoms with Gasteiger partial charge in [0.2, 0.25) is 0 Å². The molecule has 2 aliphatic heterocycles. The second kappa shape index (κ2) is 5.56. The van der Waals surface area contributed by atoms with E-state index in [2.05, 4.69) is 5.32 Å². The lowest BCUT2D eigenvalue weighted by molar-refractivity contribution is 0.0348. The van der Waals surface area contributed by atoms with Crippen LogP contribution in [0.25, 0.3) is 0 Å². The van der Waals surface area contributed by atoms with Crippen molar-refractivity contribution in [2.24, 2.45) is 0 Å². The molecule has 2 bridgehead atoms. The van der Waals surface area contributed by atoms with E-state index in [9.17, 15) is 4.79 Å². The molecule has 2 aromatic rings. The van der Waals surface area contributed by atoms with E-state index in [-0.39, 0.29) is 12.1 Å². The third-order valence-corrected chi connectivity index (χ3v) is 5.13. The summed E-state index contributed by atoms with van der Waals surface area (Å²) in [5.41, 5.74) is 1.80. The molecule has 0 aromatic heterocycles. The molecule has 25 heavy (non-hydrogen) atoms. The molecule has 2 amide bonds. The van der Waals surface area contributed by atoms with E-state index in [1.165, 1.54) is 0 Å². The van der Waals surface area contributed by atoms with E-state index in [4.69, 9.17) is 21.1 Å². The Kier molecular flexibility index (Phi) is 3.58. The number of carbonyl (C=O) groups is 1. The molecule has 130 valence electrons. The molecule has 1 N–H and O–H groups in total. The molecule has 2 aliphatic rings. The van der Waals surface area contributed by atoms with Gasteiger partial charge in [0, 0.05) is 17.0 Å². The highest BCUT2D eigenvalue weighted by atomic mass is 35.5. The third kappa shape index (κ3) is 2.42. The van der Waals surface area contributed by atoms with E-state index >= 15 is 0 Å². The van der Waals surface area contributed by atoms with Crippen molar-refractivity contribution in [1.29, 1.82) is 0 Å². The summed E-state index contributed by atoms with van der Waals surface area (Å²) in [4.78, 5) is 14.6. The van der Waals surface area contributed by atoms with Crippen LogP contribution in [-0.2, 0) is 0 Å². The number of anilines is 1. The summed E-state index contributed by atoms with van der Waals surface area (Å²) in [5.74, 6) is 1.33. The molecule has 0 radical (unpaired) electrons. The molecule has 2 heterocycles. The topological polar surface area (TPSA) is 50.8 Å². The maximum atomic E-state index is 12.9. The van der Waals surface area contributed by atoms with Crippen LogP contribution in [0.2, 0.25) is 5.02 Å². The number of amides is 2. The SMILES string of the molecule is COc1cccc2c1O[C@]1(C)C[C@H]2NC(=O)N1c1cc(Cl)ccc1C. The smallest absolute Gasteiger partial charge is 0.325 e. The van der Waals surface area contributed by atoms with Gasteiger partial charge in [-0.05, 0) is 37.6 Å². The molecular formula is C19H19ClN2O3. The molecule has 0 unspecified atom stereocenters. The van der Waals surface area contributed by atoms with Crippen LogP contribution in [0.4, 0.5) is 10.5 Å². The first kappa shape index (κ1) is 16.1.